The van der Waals surface area contributed by atoms with Gasteiger partial charge in [-0.25, -0.2) is 0 Å². The molecule has 1 N–H and O–H groups in total. The molecule has 0 aliphatic heterocycles. The Bertz CT molecular complexity index is 63.5. The molecule has 0 heterocycles. The van der Waals surface area contributed by atoms with E-state index in [0.717, 1.165) is 3.67 Å². The molecule has 1 atom stereocenters. The molecule has 0 aliphatic rings. The Morgan fingerprint density at radius 1 is 1.50 bits per heavy atom. The van der Waals surface area contributed by atoms with Crippen LogP contribution in [0.3, 0.4) is 0 Å². The number of nitrogens with one attached hydrogen (secondary N) is 1. The molecule has 0 rings (SSSR count). The summed E-state index contributed by atoms with van der Waals surface area (Å²) in [5.41, 5.74) is 0. The van der Waals surface area contributed by atoms with E-state index in [1.165, 1.54) is 19.3 Å². The van der Waals surface area contributed by atoms with Crippen LogP contribution in [-0.4, -0.2) is 22.7 Å². The first-order valence-corrected chi connectivity index (χ1v) is 6.90. The summed E-state index contributed by atoms with van der Waals surface area (Å²) in [6, 6.07) is 0. The van der Waals surface area contributed by atoms with E-state index in [9.17, 15) is 0 Å². The first-order chi connectivity index (χ1) is 3.85. The Hall–Kier alpha value is 0.670. The molecule has 0 bridgehead atoms. The Kier molecular flexibility index (Phi) is 6.29. The standard InChI is InChI=1S/C6H13.In.HN/c1-3-5-6-4-2;;/h5H,3-4,6H2,1-2H3;;1H. The molecule has 0 aromatic carbocycles. The van der Waals surface area contributed by atoms with Gasteiger partial charge in [0.15, 0.2) is 0 Å². The molecule has 8 heavy (non-hydrogen) atoms. The van der Waals surface area contributed by atoms with Crippen LogP contribution in [-0.2, 0) is 0 Å². The summed E-state index contributed by atoms with van der Waals surface area (Å²) < 4.78 is 8.11. The van der Waals surface area contributed by atoms with Crippen LogP contribution in [0, 0.1) is 3.33 Å². The van der Waals surface area contributed by atoms with Crippen molar-refractivity contribution in [2.24, 2.45) is 0 Å². The van der Waals surface area contributed by atoms with Gasteiger partial charge in [0.05, 0.1) is 0 Å². The van der Waals surface area contributed by atoms with Gasteiger partial charge in [-0.1, -0.05) is 0 Å². The first-order valence-electron chi connectivity index (χ1n) is 3.35. The predicted molar refractivity (Wildman–Crippen MR) is 37.4 cm³/mol. The molecule has 2 heteroatoms. The molecule has 0 saturated heterocycles. The molecule has 1 unspecified atom stereocenters. The van der Waals surface area contributed by atoms with Crippen molar-refractivity contribution in [3.63, 3.8) is 0 Å². The average molecular weight is 215 g/mol. The van der Waals surface area contributed by atoms with Crippen molar-refractivity contribution in [1.29, 1.82) is 3.33 Å². The van der Waals surface area contributed by atoms with Gasteiger partial charge in [0.1, 0.15) is 0 Å². The summed E-state index contributed by atoms with van der Waals surface area (Å²) in [7, 11) is 0. The summed E-state index contributed by atoms with van der Waals surface area (Å²) in [6.07, 6.45) is 3.86. The van der Waals surface area contributed by atoms with Crippen LogP contribution in [0.4, 0.5) is 0 Å². The van der Waals surface area contributed by atoms with Crippen molar-refractivity contribution in [2.45, 2.75) is 36.8 Å². The van der Waals surface area contributed by atoms with E-state index in [1.807, 2.05) is 0 Å². The molecular weight excluding hydrogens is 201 g/mol. The van der Waals surface area contributed by atoms with E-state index in [-0.39, 0.29) is 0 Å². The molecule has 0 amide bonds. The molecule has 0 aromatic rings. The van der Waals surface area contributed by atoms with Crippen molar-refractivity contribution in [3.05, 3.63) is 0 Å². The zero-order valence-corrected chi connectivity index (χ0v) is 9.07. The summed E-state index contributed by atoms with van der Waals surface area (Å²) in [5.74, 6) is 0. The van der Waals surface area contributed by atoms with Gasteiger partial charge in [0, 0.05) is 0 Å². The first kappa shape index (κ1) is 8.67. The third-order valence-corrected chi connectivity index (χ3v) is 5.06. The number of hydrogen-bond acceptors (Lipinski definition) is 1. The van der Waals surface area contributed by atoms with E-state index in [1.54, 1.807) is 0 Å². The fourth-order valence-corrected chi connectivity index (χ4v) is 2.88. The minimum atomic E-state index is -0.819. The van der Waals surface area contributed by atoms with Gasteiger partial charge < -0.3 is 0 Å². The Morgan fingerprint density at radius 3 is 2.25 bits per heavy atom. The second kappa shape index (κ2) is 5.80. The van der Waals surface area contributed by atoms with Crippen LogP contribution in [0.15, 0.2) is 0 Å². The third-order valence-electron chi connectivity index (χ3n) is 1.42. The molecule has 46 valence electrons. The van der Waals surface area contributed by atoms with Gasteiger partial charge in [-0.3, -0.25) is 0 Å². The Labute approximate surface area is 62.9 Å². The van der Waals surface area contributed by atoms with Gasteiger partial charge in [-0.15, -0.1) is 0 Å². The van der Waals surface area contributed by atoms with Gasteiger partial charge in [0.2, 0.25) is 0 Å². The van der Waals surface area contributed by atoms with Gasteiger partial charge in [-0.2, -0.15) is 0 Å². The van der Waals surface area contributed by atoms with E-state index < -0.39 is 22.7 Å². The minimum absolute atomic E-state index is 0.819. The Morgan fingerprint density at radius 2 is 2.12 bits per heavy atom. The third kappa shape index (κ3) is 3.65. The fraction of sp³-hybridized carbons (Fsp3) is 1.00. The maximum atomic E-state index is 7.25. The second-order valence-electron chi connectivity index (χ2n) is 2.12. The zero-order valence-electron chi connectivity index (χ0n) is 5.78. The van der Waals surface area contributed by atoms with E-state index in [4.69, 9.17) is 3.33 Å². The molecular formula is C6H14InN. The number of hydrogen-bond donors (Lipinski definition) is 1. The van der Waals surface area contributed by atoms with Gasteiger partial charge in [0.25, 0.3) is 0 Å². The van der Waals surface area contributed by atoms with E-state index >= 15 is 0 Å². The summed E-state index contributed by atoms with van der Waals surface area (Å²) in [4.78, 5) is 0. The van der Waals surface area contributed by atoms with Crippen molar-refractivity contribution in [1.82, 2.24) is 0 Å². The van der Waals surface area contributed by atoms with Crippen molar-refractivity contribution < 1.29 is 0 Å². The SMILES string of the molecule is CCC[CH](CC)[In]=[NH]. The van der Waals surface area contributed by atoms with Gasteiger partial charge >= 0.3 is 62.9 Å². The normalized spacial score (nSPS) is 12.8. The van der Waals surface area contributed by atoms with Crippen molar-refractivity contribution in [3.8, 4) is 0 Å². The van der Waals surface area contributed by atoms with Crippen LogP contribution in [0.5, 0.6) is 0 Å². The summed E-state index contributed by atoms with van der Waals surface area (Å²) in [5, 5.41) is 0. The topological polar surface area (TPSA) is 23.9 Å². The van der Waals surface area contributed by atoms with Crippen molar-refractivity contribution in [2.75, 3.05) is 0 Å². The molecule has 0 aliphatic carbocycles. The zero-order chi connectivity index (χ0) is 6.41. The fourth-order valence-electron chi connectivity index (χ4n) is 0.776. The number of rotatable bonds is 4. The van der Waals surface area contributed by atoms with Crippen LogP contribution < -0.4 is 0 Å². The summed E-state index contributed by atoms with van der Waals surface area (Å²) >= 11 is -0.819. The van der Waals surface area contributed by atoms with Crippen molar-refractivity contribution >= 4 is 22.7 Å². The second-order valence-corrected chi connectivity index (χ2v) is 5.77. The van der Waals surface area contributed by atoms with Crippen LogP contribution in [0.2, 0.25) is 3.67 Å². The van der Waals surface area contributed by atoms with E-state index in [2.05, 4.69) is 13.8 Å². The van der Waals surface area contributed by atoms with Crippen LogP contribution >= 0.6 is 0 Å². The van der Waals surface area contributed by atoms with Crippen LogP contribution in [0.25, 0.3) is 0 Å². The van der Waals surface area contributed by atoms with E-state index in [0.29, 0.717) is 0 Å². The quantitative estimate of drug-likeness (QED) is 0.744. The van der Waals surface area contributed by atoms with Crippen LogP contribution in [0.1, 0.15) is 33.1 Å². The van der Waals surface area contributed by atoms with Gasteiger partial charge in [-0.05, 0) is 0 Å². The summed E-state index contributed by atoms with van der Waals surface area (Å²) in [6.45, 7) is 4.42. The molecule has 0 radical (unpaired) electrons. The maximum absolute atomic E-state index is 7.25. The molecule has 0 saturated carbocycles. The monoisotopic (exact) mass is 215 g/mol. The average Bonchev–Trinajstić information content (AvgIpc) is 1.83. The Balaban J connectivity index is 3.21. The molecule has 1 nitrogen and oxygen atoms in total. The molecule has 0 spiro atoms. The predicted octanol–water partition coefficient (Wildman–Crippen LogP) is 2.45. The molecule has 0 fully saturated rings. The molecule has 0 aromatic heterocycles.